The molecule has 0 bridgehead atoms. The van der Waals surface area contributed by atoms with Crippen LogP contribution in [0.1, 0.15) is 12.8 Å². The quantitative estimate of drug-likeness (QED) is 0.571. The van der Waals surface area contributed by atoms with Crippen molar-refractivity contribution in [3.63, 3.8) is 0 Å². The molecule has 0 amide bonds. The van der Waals surface area contributed by atoms with Gasteiger partial charge in [-0.05, 0) is 31.0 Å². The molecule has 3 aromatic rings. The summed E-state index contributed by atoms with van der Waals surface area (Å²) in [5.41, 5.74) is 2.95. The van der Waals surface area contributed by atoms with Gasteiger partial charge in [-0.2, -0.15) is 0 Å². The summed E-state index contributed by atoms with van der Waals surface area (Å²) < 4.78 is 47.5. The summed E-state index contributed by atoms with van der Waals surface area (Å²) in [4.78, 5) is 4.44. The number of piperidine rings is 1. The monoisotopic (exact) mass is 461 g/mol. The summed E-state index contributed by atoms with van der Waals surface area (Å²) in [6.07, 6.45) is 4.42. The van der Waals surface area contributed by atoms with Crippen molar-refractivity contribution >= 4 is 26.8 Å². The van der Waals surface area contributed by atoms with Crippen LogP contribution < -0.4 is 19.5 Å². The summed E-state index contributed by atoms with van der Waals surface area (Å²) in [5.74, 6) is 2.20. The number of nitrogens with zero attached hydrogens (tertiary/aromatic N) is 2. The zero-order valence-corrected chi connectivity index (χ0v) is 19.4. The molecule has 172 valence electrons. The first-order chi connectivity index (χ1) is 15.3. The molecule has 9 nitrogen and oxygen atoms in total. The fourth-order valence-corrected chi connectivity index (χ4v) is 4.84. The molecule has 1 saturated heterocycles. The second-order valence-corrected chi connectivity index (χ2v) is 9.66. The molecule has 1 aliphatic rings. The van der Waals surface area contributed by atoms with E-state index in [4.69, 9.17) is 18.6 Å². The first-order valence-electron chi connectivity index (χ1n) is 10.2. The molecule has 0 atom stereocenters. The zero-order chi connectivity index (χ0) is 22.9. The van der Waals surface area contributed by atoms with Gasteiger partial charge < -0.3 is 23.9 Å². The van der Waals surface area contributed by atoms with Crippen LogP contribution in [0.25, 0.3) is 22.4 Å². The van der Waals surface area contributed by atoms with Gasteiger partial charge in [-0.25, -0.2) is 12.7 Å². The van der Waals surface area contributed by atoms with E-state index in [1.54, 1.807) is 27.5 Å². The van der Waals surface area contributed by atoms with Crippen LogP contribution in [0.3, 0.4) is 0 Å². The minimum Gasteiger partial charge on any atom is -0.493 e. The Hall–Kier alpha value is -2.98. The first kappa shape index (κ1) is 22.2. The number of sulfonamides is 1. The van der Waals surface area contributed by atoms with E-state index < -0.39 is 10.0 Å². The summed E-state index contributed by atoms with van der Waals surface area (Å²) >= 11 is 0. The minimum absolute atomic E-state index is 0.147. The Bertz CT molecular complexity index is 1190. The highest BCUT2D eigenvalue weighted by Gasteiger charge is 2.25. The van der Waals surface area contributed by atoms with E-state index >= 15 is 0 Å². The number of benzene rings is 1. The van der Waals surface area contributed by atoms with Gasteiger partial charge in [0, 0.05) is 37.0 Å². The number of hydrogen-bond donors (Lipinski definition) is 1. The molecule has 1 aliphatic heterocycles. The fraction of sp³-hybridized carbons (Fsp3) is 0.409. The number of hydrogen-bond acceptors (Lipinski definition) is 8. The molecule has 0 radical (unpaired) electrons. The molecule has 0 unspecified atom stereocenters. The van der Waals surface area contributed by atoms with Crippen LogP contribution in [0, 0.1) is 0 Å². The molecule has 1 fully saturated rings. The molecule has 1 aromatic carbocycles. The summed E-state index contributed by atoms with van der Waals surface area (Å²) in [6.45, 7) is 0.999. The number of aromatic nitrogens is 1. The van der Waals surface area contributed by atoms with Gasteiger partial charge in [0.25, 0.3) is 0 Å². The normalized spacial score (nSPS) is 15.6. The van der Waals surface area contributed by atoms with Crippen LogP contribution in [-0.2, 0) is 10.0 Å². The molecular weight excluding hydrogens is 434 g/mol. The Balaban J connectivity index is 1.62. The van der Waals surface area contributed by atoms with E-state index in [0.717, 1.165) is 24.1 Å². The topological polar surface area (TPSA) is 103 Å². The molecule has 1 N–H and O–H groups in total. The lowest BCUT2D eigenvalue weighted by molar-refractivity contribution is 0.324. The van der Waals surface area contributed by atoms with Crippen molar-refractivity contribution in [2.24, 2.45) is 0 Å². The maximum Gasteiger partial charge on any atom is 0.211 e. The number of furan rings is 1. The van der Waals surface area contributed by atoms with Crippen LogP contribution in [-0.4, -0.2) is 64.4 Å². The van der Waals surface area contributed by atoms with Gasteiger partial charge in [0.2, 0.25) is 15.8 Å². The second-order valence-electron chi connectivity index (χ2n) is 7.68. The van der Waals surface area contributed by atoms with Crippen LogP contribution in [0.15, 0.2) is 34.9 Å². The third kappa shape index (κ3) is 4.33. The number of fused-ring (bicyclic) bond motifs is 1. The highest BCUT2D eigenvalue weighted by atomic mass is 32.2. The number of nitrogens with one attached hydrogen (secondary N) is 1. The number of methoxy groups -OCH3 is 3. The maximum atomic E-state index is 11.8. The third-order valence-electron chi connectivity index (χ3n) is 5.64. The maximum absolute atomic E-state index is 11.8. The van der Waals surface area contributed by atoms with Crippen LogP contribution >= 0.6 is 0 Å². The van der Waals surface area contributed by atoms with Gasteiger partial charge in [0.15, 0.2) is 17.1 Å². The van der Waals surface area contributed by atoms with E-state index in [0.29, 0.717) is 47.2 Å². The Morgan fingerprint density at radius 1 is 1.06 bits per heavy atom. The zero-order valence-electron chi connectivity index (χ0n) is 18.5. The van der Waals surface area contributed by atoms with Crippen molar-refractivity contribution in [2.45, 2.75) is 18.9 Å². The third-order valence-corrected chi connectivity index (χ3v) is 6.95. The largest absolute Gasteiger partial charge is 0.493 e. The Morgan fingerprint density at radius 3 is 2.28 bits per heavy atom. The first-order valence-corrected chi connectivity index (χ1v) is 12.1. The van der Waals surface area contributed by atoms with E-state index in [1.807, 2.05) is 24.3 Å². The lowest BCUT2D eigenvalue weighted by Gasteiger charge is -2.31. The Morgan fingerprint density at radius 2 is 1.72 bits per heavy atom. The number of ether oxygens (including phenoxy) is 3. The Labute approximate surface area is 187 Å². The lowest BCUT2D eigenvalue weighted by Crippen LogP contribution is -2.41. The number of rotatable bonds is 7. The van der Waals surface area contributed by atoms with Crippen LogP contribution in [0.2, 0.25) is 0 Å². The number of pyridine rings is 1. The fourth-order valence-electron chi connectivity index (χ4n) is 3.97. The average Bonchev–Trinajstić information content (AvgIpc) is 3.23. The summed E-state index contributed by atoms with van der Waals surface area (Å²) in [6, 6.07) is 7.54. The van der Waals surface area contributed by atoms with Gasteiger partial charge in [-0.3, -0.25) is 4.98 Å². The van der Waals surface area contributed by atoms with Crippen molar-refractivity contribution < 1.29 is 27.0 Å². The molecule has 3 heterocycles. The van der Waals surface area contributed by atoms with Gasteiger partial charge in [-0.1, -0.05) is 0 Å². The molecule has 0 spiro atoms. The van der Waals surface area contributed by atoms with E-state index in [1.165, 1.54) is 10.6 Å². The standard InChI is InChI=1S/C22H27N3O6S/c1-28-19-11-14(12-20(29-2)22(19)30-3)18-13-17-21(31-18)16(5-8-23-17)24-15-6-9-25(10-7-15)32(4,26)27/h5,8,11-13,15H,6-7,9-10H2,1-4H3,(H,23,24). The van der Waals surface area contributed by atoms with Gasteiger partial charge >= 0.3 is 0 Å². The van der Waals surface area contributed by atoms with Gasteiger partial charge in [-0.15, -0.1) is 0 Å². The molecule has 10 heteroatoms. The Kier molecular flexibility index (Phi) is 6.16. The van der Waals surface area contributed by atoms with Crippen molar-refractivity contribution in [1.29, 1.82) is 0 Å². The van der Waals surface area contributed by atoms with Crippen molar-refractivity contribution in [3.8, 4) is 28.6 Å². The van der Waals surface area contributed by atoms with E-state index in [2.05, 4.69) is 10.3 Å². The summed E-state index contributed by atoms with van der Waals surface area (Å²) in [5, 5.41) is 3.50. The molecule has 2 aromatic heterocycles. The van der Waals surface area contributed by atoms with Crippen molar-refractivity contribution in [3.05, 3.63) is 30.5 Å². The predicted octanol–water partition coefficient (Wildman–Crippen LogP) is 3.36. The smallest absolute Gasteiger partial charge is 0.211 e. The van der Waals surface area contributed by atoms with E-state index in [-0.39, 0.29) is 6.04 Å². The molecule has 0 saturated carbocycles. The van der Waals surface area contributed by atoms with Gasteiger partial charge in [0.05, 0.1) is 33.3 Å². The molecule has 0 aliphatic carbocycles. The van der Waals surface area contributed by atoms with Crippen LogP contribution in [0.4, 0.5) is 5.69 Å². The predicted molar refractivity (Wildman–Crippen MR) is 122 cm³/mol. The molecule has 4 rings (SSSR count). The second kappa shape index (κ2) is 8.87. The average molecular weight is 462 g/mol. The van der Waals surface area contributed by atoms with Crippen molar-refractivity contribution in [1.82, 2.24) is 9.29 Å². The highest BCUT2D eigenvalue weighted by molar-refractivity contribution is 7.88. The minimum atomic E-state index is -3.15. The molecular formula is C22H27N3O6S. The highest BCUT2D eigenvalue weighted by Crippen LogP contribution is 2.42. The summed E-state index contributed by atoms with van der Waals surface area (Å²) in [7, 11) is 1.54. The van der Waals surface area contributed by atoms with Gasteiger partial charge in [0.1, 0.15) is 11.3 Å². The van der Waals surface area contributed by atoms with Crippen molar-refractivity contribution in [2.75, 3.05) is 46.0 Å². The lowest BCUT2D eigenvalue weighted by atomic mass is 10.1. The number of anilines is 1. The van der Waals surface area contributed by atoms with Crippen LogP contribution in [0.5, 0.6) is 17.2 Å². The van der Waals surface area contributed by atoms with E-state index in [9.17, 15) is 8.42 Å². The molecule has 32 heavy (non-hydrogen) atoms. The SMILES string of the molecule is COc1cc(-c2cc3nccc(NC4CCN(S(C)(=O)=O)CC4)c3o2)cc(OC)c1OC.